The highest BCUT2D eigenvalue weighted by Gasteiger charge is 1.86. The van der Waals surface area contributed by atoms with Crippen LogP contribution in [-0.2, 0) is 0 Å². The van der Waals surface area contributed by atoms with Gasteiger partial charge in [0.2, 0.25) is 0 Å². The average Bonchev–Trinajstić information content (AvgIpc) is 2.06. The van der Waals surface area contributed by atoms with Crippen LogP contribution < -0.4 is 0 Å². The Morgan fingerprint density at radius 3 is 2.58 bits per heavy atom. The van der Waals surface area contributed by atoms with Crippen molar-refractivity contribution in [2.24, 2.45) is 0 Å². The van der Waals surface area contributed by atoms with Gasteiger partial charge in [0.25, 0.3) is 0 Å². The number of benzene rings is 1. The largest absolute Gasteiger partial charge is 0.401 e. The van der Waals surface area contributed by atoms with Crippen molar-refractivity contribution in [3.63, 3.8) is 0 Å². The summed E-state index contributed by atoms with van der Waals surface area (Å²) < 4.78 is 5.41. The summed E-state index contributed by atoms with van der Waals surface area (Å²) in [6, 6.07) is 14.0. The van der Waals surface area contributed by atoms with Gasteiger partial charge in [-0.1, -0.05) is 30.3 Å². The summed E-state index contributed by atoms with van der Waals surface area (Å²) in [5.74, 6) is 0. The maximum absolute atomic E-state index is 5.41. The van der Waals surface area contributed by atoms with Gasteiger partial charge in [-0.15, -0.1) is 0 Å². The molecule has 2 aromatic rings. The van der Waals surface area contributed by atoms with E-state index in [1.165, 1.54) is 11.6 Å². The molecule has 60 valence electrons. The Hall–Kier alpha value is -1.28. The van der Waals surface area contributed by atoms with Crippen LogP contribution in [0.5, 0.6) is 0 Å². The Balaban J connectivity index is 2.83. The van der Waals surface area contributed by atoms with Crippen LogP contribution in [0.15, 0.2) is 51.7 Å². The molecule has 2 rings (SSSR count). The highest BCUT2D eigenvalue weighted by Crippen LogP contribution is 2.11. The van der Waals surface area contributed by atoms with Crippen molar-refractivity contribution in [1.29, 1.82) is 0 Å². The molecule has 0 saturated heterocycles. The lowest BCUT2D eigenvalue weighted by Gasteiger charge is -1.89. The van der Waals surface area contributed by atoms with Gasteiger partial charge in [-0.3, -0.25) is 0 Å². The van der Waals surface area contributed by atoms with Gasteiger partial charge in [0.1, 0.15) is 0 Å². The molecule has 12 heavy (non-hydrogen) atoms. The molecule has 1 aromatic heterocycles. The van der Waals surface area contributed by atoms with Crippen LogP contribution >= 0.6 is 11.6 Å². The molecule has 2 heteroatoms. The highest BCUT2D eigenvalue weighted by atomic mass is 32.1. The maximum atomic E-state index is 5.41. The summed E-state index contributed by atoms with van der Waals surface area (Å²) in [6.45, 7) is 0. The second-order valence-corrected chi connectivity index (χ2v) is 3.04. The van der Waals surface area contributed by atoms with Crippen LogP contribution in [0.4, 0.5) is 0 Å². The molecule has 0 aliphatic heterocycles. The van der Waals surface area contributed by atoms with Crippen LogP contribution in [0.3, 0.4) is 0 Å². The van der Waals surface area contributed by atoms with Crippen molar-refractivity contribution >= 4 is 22.6 Å². The van der Waals surface area contributed by atoms with E-state index in [-0.39, 0.29) is 0 Å². The molecule has 0 aliphatic rings. The number of fused-ring (bicyclic) bond motifs is 1. The molecule has 0 bridgehead atoms. The molecular formula is C10H8OS. The second-order valence-electron chi connectivity index (χ2n) is 2.41. The lowest BCUT2D eigenvalue weighted by molar-refractivity contribution is 0.746. The van der Waals surface area contributed by atoms with E-state index in [4.69, 9.17) is 3.85 Å². The fraction of sp³-hybridized carbons (Fsp3) is 0. The molecule has 0 fully saturated rings. The fourth-order valence-electron chi connectivity index (χ4n) is 1.01. The van der Waals surface area contributed by atoms with Gasteiger partial charge in [0.05, 0.1) is 0 Å². The highest BCUT2D eigenvalue weighted by molar-refractivity contribution is 7.00. The van der Waals surface area contributed by atoms with Gasteiger partial charge < -0.3 is 3.85 Å². The predicted octanol–water partition coefficient (Wildman–Crippen LogP) is 3.62. The molecule has 0 N–H and O–H groups in total. The molecule has 0 saturated carbocycles. The lowest BCUT2D eigenvalue weighted by Crippen LogP contribution is -1.64. The average molecular weight is 176 g/mol. The van der Waals surface area contributed by atoms with Crippen LogP contribution in [0.2, 0.25) is 0 Å². The third kappa shape index (κ3) is 1.48. The molecular weight excluding hydrogens is 168 g/mol. The minimum atomic E-state index is 0.920. The number of hydrogen-bond donors (Lipinski definition) is 0. The standard InChI is InChI=1S/C10H8OS/c1-2-7-10-9(5-1)6-3-4-8-12-11-10/h1-8H. The van der Waals surface area contributed by atoms with Crippen molar-refractivity contribution in [2.75, 3.05) is 0 Å². The molecule has 0 radical (unpaired) electrons. The predicted molar refractivity (Wildman–Crippen MR) is 51.7 cm³/mol. The first-order valence-electron chi connectivity index (χ1n) is 3.72. The number of para-hydroxylation sites is 1. The minimum Gasteiger partial charge on any atom is -0.401 e. The third-order valence-corrected chi connectivity index (χ3v) is 2.12. The Kier molecular flexibility index (Phi) is 2.10. The van der Waals surface area contributed by atoms with E-state index in [0.29, 0.717) is 0 Å². The second kappa shape index (κ2) is 3.41. The topological polar surface area (TPSA) is 13.1 Å². The van der Waals surface area contributed by atoms with Crippen molar-refractivity contribution in [3.8, 4) is 0 Å². The molecule has 0 amide bonds. The van der Waals surface area contributed by atoms with E-state index in [2.05, 4.69) is 0 Å². The van der Waals surface area contributed by atoms with Crippen LogP contribution in [0.25, 0.3) is 11.0 Å². The molecule has 0 aliphatic carbocycles. The van der Waals surface area contributed by atoms with E-state index in [1.54, 1.807) is 0 Å². The quantitative estimate of drug-likeness (QED) is 0.597. The molecule has 0 unspecified atom stereocenters. The van der Waals surface area contributed by atoms with Gasteiger partial charge in [0.15, 0.2) is 5.58 Å². The Bertz CT molecular complexity index is 372. The summed E-state index contributed by atoms with van der Waals surface area (Å²) in [4.78, 5) is 0. The number of hydrogen-bond acceptors (Lipinski definition) is 2. The maximum Gasteiger partial charge on any atom is 0.151 e. The first-order valence-corrected chi connectivity index (χ1v) is 4.53. The van der Waals surface area contributed by atoms with Gasteiger partial charge in [0, 0.05) is 22.4 Å². The monoisotopic (exact) mass is 176 g/mol. The first kappa shape index (κ1) is 7.37. The van der Waals surface area contributed by atoms with Gasteiger partial charge >= 0.3 is 0 Å². The van der Waals surface area contributed by atoms with E-state index in [0.717, 1.165) is 11.0 Å². The smallest absolute Gasteiger partial charge is 0.151 e. The molecule has 1 aromatic carbocycles. The van der Waals surface area contributed by atoms with Crippen molar-refractivity contribution < 1.29 is 3.85 Å². The Labute approximate surface area is 74.8 Å². The fourth-order valence-corrected chi connectivity index (χ4v) is 1.48. The van der Waals surface area contributed by atoms with Crippen LogP contribution in [0, 0.1) is 0 Å². The van der Waals surface area contributed by atoms with Crippen molar-refractivity contribution in [2.45, 2.75) is 0 Å². The summed E-state index contributed by atoms with van der Waals surface area (Å²) in [5.41, 5.74) is 0.920. The summed E-state index contributed by atoms with van der Waals surface area (Å²) >= 11 is 1.34. The normalized spacial score (nSPS) is 9.67. The van der Waals surface area contributed by atoms with Crippen molar-refractivity contribution in [3.05, 3.63) is 47.8 Å². The van der Waals surface area contributed by atoms with E-state index in [1.807, 2.05) is 47.8 Å². The van der Waals surface area contributed by atoms with Crippen LogP contribution in [0.1, 0.15) is 0 Å². The SMILES string of the molecule is c1ccc2ccccc2osc1. The van der Waals surface area contributed by atoms with Gasteiger partial charge in [-0.05, 0) is 12.1 Å². The molecule has 0 atom stereocenters. The van der Waals surface area contributed by atoms with E-state index < -0.39 is 0 Å². The van der Waals surface area contributed by atoms with E-state index >= 15 is 0 Å². The summed E-state index contributed by atoms with van der Waals surface area (Å²) in [6.07, 6.45) is 0. The molecule has 0 spiro atoms. The summed E-state index contributed by atoms with van der Waals surface area (Å²) in [7, 11) is 0. The molecule has 1 nitrogen and oxygen atoms in total. The first-order chi connectivity index (χ1) is 5.97. The zero-order chi connectivity index (χ0) is 8.23. The van der Waals surface area contributed by atoms with Crippen molar-refractivity contribution in [1.82, 2.24) is 0 Å². The summed E-state index contributed by atoms with van der Waals surface area (Å²) in [5, 5.41) is 3.03. The van der Waals surface area contributed by atoms with Gasteiger partial charge in [-0.25, -0.2) is 0 Å². The third-order valence-electron chi connectivity index (χ3n) is 1.58. The zero-order valence-corrected chi connectivity index (χ0v) is 7.25. The van der Waals surface area contributed by atoms with Gasteiger partial charge in [-0.2, -0.15) is 0 Å². The van der Waals surface area contributed by atoms with E-state index in [9.17, 15) is 0 Å². The Morgan fingerprint density at radius 1 is 0.917 bits per heavy atom. The Morgan fingerprint density at radius 2 is 1.67 bits per heavy atom. The zero-order valence-electron chi connectivity index (χ0n) is 6.44. The lowest BCUT2D eigenvalue weighted by atomic mass is 10.2. The number of rotatable bonds is 0. The minimum absolute atomic E-state index is 0.920. The van der Waals surface area contributed by atoms with Crippen LogP contribution in [-0.4, -0.2) is 0 Å². The molecule has 1 heterocycles.